The Labute approximate surface area is 106 Å². The van der Waals surface area contributed by atoms with Crippen LogP contribution in [-0.4, -0.2) is 32.3 Å². The van der Waals surface area contributed by atoms with E-state index in [9.17, 15) is 8.42 Å². The molecule has 0 saturated carbocycles. The first-order chi connectivity index (χ1) is 7.91. The molecule has 0 aromatic carbocycles. The predicted octanol–water partition coefficient (Wildman–Crippen LogP) is 1.53. The molecule has 17 heavy (non-hydrogen) atoms. The second-order valence-corrected chi connectivity index (χ2v) is 5.60. The van der Waals surface area contributed by atoms with Gasteiger partial charge in [-0.2, -0.15) is 8.42 Å². The van der Waals surface area contributed by atoms with Gasteiger partial charge in [-0.05, 0) is 25.9 Å². The molecular formula is C11H28N2O3S. The first-order valence-electron chi connectivity index (χ1n) is 6.24. The summed E-state index contributed by atoms with van der Waals surface area (Å²) in [5.41, 5.74) is 10.8. The van der Waals surface area contributed by atoms with Crippen LogP contribution in [0, 0.1) is 0 Å². The summed E-state index contributed by atoms with van der Waals surface area (Å²) in [5.74, 6) is 0. The van der Waals surface area contributed by atoms with E-state index in [1.54, 1.807) is 0 Å². The van der Waals surface area contributed by atoms with Gasteiger partial charge in [0.2, 0.25) is 0 Å². The fourth-order valence-electron chi connectivity index (χ4n) is 1.35. The Kier molecular flexibility index (Phi) is 15.7. The molecule has 0 aliphatic carbocycles. The summed E-state index contributed by atoms with van der Waals surface area (Å²) in [6, 6.07) is 0. The third kappa shape index (κ3) is 38.8. The summed E-state index contributed by atoms with van der Waals surface area (Å²) in [7, 11) is -3.67. The zero-order valence-corrected chi connectivity index (χ0v) is 11.7. The summed E-state index contributed by atoms with van der Waals surface area (Å²) in [5, 5.41) is 0. The number of hydrogen-bond acceptors (Lipinski definition) is 4. The second kappa shape index (κ2) is 13.9. The summed E-state index contributed by atoms with van der Waals surface area (Å²) in [6.45, 7) is 1.71. The van der Waals surface area contributed by atoms with Crippen molar-refractivity contribution in [3.8, 4) is 0 Å². The highest BCUT2D eigenvalue weighted by Gasteiger charge is 1.90. The van der Waals surface area contributed by atoms with Crippen molar-refractivity contribution in [2.75, 3.05) is 19.3 Å². The summed E-state index contributed by atoms with van der Waals surface area (Å²) in [6.07, 6.45) is 11.2. The molecule has 0 fully saturated rings. The van der Waals surface area contributed by atoms with E-state index in [2.05, 4.69) is 0 Å². The smallest absolute Gasteiger partial charge is 0.261 e. The van der Waals surface area contributed by atoms with E-state index < -0.39 is 10.1 Å². The van der Waals surface area contributed by atoms with Gasteiger partial charge in [0.25, 0.3) is 10.1 Å². The molecule has 6 heteroatoms. The molecule has 0 aromatic heterocycles. The SMILES string of the molecule is CS(=O)(=O)O.NCCCCCCCCCCN. The Morgan fingerprint density at radius 1 is 0.765 bits per heavy atom. The molecule has 0 atom stereocenters. The van der Waals surface area contributed by atoms with E-state index >= 15 is 0 Å². The van der Waals surface area contributed by atoms with E-state index in [4.69, 9.17) is 16.0 Å². The molecular weight excluding hydrogens is 240 g/mol. The standard InChI is InChI=1S/C10H24N2.CH4O3S/c11-9-7-5-3-1-2-4-6-8-10-12;1-5(2,3)4/h1-12H2;1H3,(H,2,3,4). The topological polar surface area (TPSA) is 106 Å². The fraction of sp³-hybridized carbons (Fsp3) is 1.00. The molecule has 0 amide bonds. The van der Waals surface area contributed by atoms with Crippen LogP contribution >= 0.6 is 0 Å². The fourth-order valence-corrected chi connectivity index (χ4v) is 1.35. The van der Waals surface area contributed by atoms with Crippen molar-refractivity contribution in [1.29, 1.82) is 0 Å². The Morgan fingerprint density at radius 3 is 1.12 bits per heavy atom. The number of unbranched alkanes of at least 4 members (excludes halogenated alkanes) is 7. The van der Waals surface area contributed by atoms with Gasteiger partial charge in [0.05, 0.1) is 6.26 Å². The molecule has 0 unspecified atom stereocenters. The average molecular weight is 268 g/mol. The van der Waals surface area contributed by atoms with Crippen LogP contribution < -0.4 is 11.5 Å². The lowest BCUT2D eigenvalue weighted by atomic mass is 10.1. The Balaban J connectivity index is 0. The largest absolute Gasteiger partial charge is 0.330 e. The second-order valence-electron chi connectivity index (χ2n) is 4.14. The highest BCUT2D eigenvalue weighted by atomic mass is 32.2. The Bertz CT molecular complexity index is 213. The van der Waals surface area contributed by atoms with Crippen LogP contribution in [-0.2, 0) is 10.1 Å². The van der Waals surface area contributed by atoms with E-state index in [1.807, 2.05) is 0 Å². The number of hydrogen-bond donors (Lipinski definition) is 3. The van der Waals surface area contributed by atoms with Crippen molar-refractivity contribution in [3.05, 3.63) is 0 Å². The normalized spacial score (nSPS) is 10.8. The molecule has 0 rings (SSSR count). The van der Waals surface area contributed by atoms with Crippen LogP contribution in [0.5, 0.6) is 0 Å². The molecule has 0 heterocycles. The third-order valence-electron chi connectivity index (χ3n) is 2.16. The maximum Gasteiger partial charge on any atom is 0.261 e. The van der Waals surface area contributed by atoms with Crippen molar-refractivity contribution in [3.63, 3.8) is 0 Å². The lowest BCUT2D eigenvalue weighted by Crippen LogP contribution is -1.98. The molecule has 5 N–H and O–H groups in total. The van der Waals surface area contributed by atoms with Gasteiger partial charge >= 0.3 is 0 Å². The van der Waals surface area contributed by atoms with Crippen LogP contribution in [0.3, 0.4) is 0 Å². The van der Waals surface area contributed by atoms with Crippen molar-refractivity contribution < 1.29 is 13.0 Å². The van der Waals surface area contributed by atoms with Gasteiger partial charge in [-0.25, -0.2) is 0 Å². The highest BCUT2D eigenvalue weighted by Crippen LogP contribution is 2.07. The molecule has 0 bridgehead atoms. The molecule has 0 aromatic rings. The molecule has 0 aliphatic rings. The van der Waals surface area contributed by atoms with Crippen molar-refractivity contribution in [2.45, 2.75) is 51.4 Å². The molecule has 0 saturated heterocycles. The van der Waals surface area contributed by atoms with Crippen molar-refractivity contribution in [2.24, 2.45) is 11.5 Å². The average Bonchev–Trinajstić information content (AvgIpc) is 2.20. The van der Waals surface area contributed by atoms with Gasteiger partial charge in [-0.3, -0.25) is 4.55 Å². The molecule has 5 nitrogen and oxygen atoms in total. The van der Waals surface area contributed by atoms with Gasteiger partial charge < -0.3 is 11.5 Å². The minimum absolute atomic E-state index is 0.715. The summed E-state index contributed by atoms with van der Waals surface area (Å²) in [4.78, 5) is 0. The molecule has 0 spiro atoms. The minimum Gasteiger partial charge on any atom is -0.330 e. The van der Waals surface area contributed by atoms with Gasteiger partial charge in [0.15, 0.2) is 0 Å². The highest BCUT2D eigenvalue weighted by molar-refractivity contribution is 7.85. The zero-order valence-electron chi connectivity index (χ0n) is 10.9. The van der Waals surface area contributed by atoms with Crippen molar-refractivity contribution >= 4 is 10.1 Å². The number of nitrogens with two attached hydrogens (primary N) is 2. The first-order valence-corrected chi connectivity index (χ1v) is 8.09. The maximum atomic E-state index is 9.19. The van der Waals surface area contributed by atoms with E-state index in [-0.39, 0.29) is 0 Å². The monoisotopic (exact) mass is 268 g/mol. The third-order valence-corrected chi connectivity index (χ3v) is 2.16. The van der Waals surface area contributed by atoms with E-state index in [1.165, 1.54) is 51.4 Å². The molecule has 0 aliphatic heterocycles. The van der Waals surface area contributed by atoms with Crippen LogP contribution in [0.1, 0.15) is 51.4 Å². The van der Waals surface area contributed by atoms with Gasteiger partial charge in [-0.15, -0.1) is 0 Å². The van der Waals surface area contributed by atoms with Gasteiger partial charge in [-0.1, -0.05) is 38.5 Å². The summed E-state index contributed by atoms with van der Waals surface area (Å²) >= 11 is 0. The van der Waals surface area contributed by atoms with E-state index in [0.29, 0.717) is 6.26 Å². The Hall–Kier alpha value is -0.170. The van der Waals surface area contributed by atoms with Gasteiger partial charge in [0, 0.05) is 0 Å². The van der Waals surface area contributed by atoms with Crippen LogP contribution in [0.25, 0.3) is 0 Å². The van der Waals surface area contributed by atoms with E-state index in [0.717, 1.165) is 13.1 Å². The molecule has 0 radical (unpaired) electrons. The summed E-state index contributed by atoms with van der Waals surface area (Å²) < 4.78 is 25.9. The predicted molar refractivity (Wildman–Crippen MR) is 72.5 cm³/mol. The maximum absolute atomic E-state index is 9.19. The van der Waals surface area contributed by atoms with Gasteiger partial charge in [0.1, 0.15) is 0 Å². The lowest BCUT2D eigenvalue weighted by molar-refractivity contribution is 0.490. The lowest BCUT2D eigenvalue weighted by Gasteiger charge is -2.00. The van der Waals surface area contributed by atoms with Crippen molar-refractivity contribution in [1.82, 2.24) is 0 Å². The minimum atomic E-state index is -3.67. The number of rotatable bonds is 9. The zero-order chi connectivity index (χ0) is 13.6. The molecule has 106 valence electrons. The van der Waals surface area contributed by atoms with Crippen LogP contribution in [0.4, 0.5) is 0 Å². The quantitative estimate of drug-likeness (QED) is 0.434. The van der Waals surface area contributed by atoms with Crippen LogP contribution in [0.2, 0.25) is 0 Å². The van der Waals surface area contributed by atoms with Crippen LogP contribution in [0.15, 0.2) is 0 Å². The first kappa shape index (κ1) is 19.2. The Morgan fingerprint density at radius 2 is 0.941 bits per heavy atom.